The lowest BCUT2D eigenvalue weighted by molar-refractivity contribution is -0.138. The van der Waals surface area contributed by atoms with Gasteiger partial charge < -0.3 is 19.5 Å². The summed E-state index contributed by atoms with van der Waals surface area (Å²) in [4.78, 5) is 23.1. The minimum absolute atomic E-state index is 0.0896. The Labute approximate surface area is 143 Å². The lowest BCUT2D eigenvalue weighted by Gasteiger charge is -2.11. The van der Waals surface area contributed by atoms with Crippen molar-refractivity contribution in [1.29, 1.82) is 0 Å². The number of hydrogen-bond acceptors (Lipinski definition) is 6. The number of benzene rings is 2. The van der Waals surface area contributed by atoms with Crippen molar-refractivity contribution >= 4 is 17.6 Å². The molecule has 2 aromatic carbocycles. The molecule has 0 bridgehead atoms. The maximum absolute atomic E-state index is 12.9. The fraction of sp³-hybridized carbons (Fsp3) is 0.111. The molecule has 130 valence electrons. The first kappa shape index (κ1) is 18.0. The van der Waals surface area contributed by atoms with Gasteiger partial charge in [0.1, 0.15) is 23.0 Å². The van der Waals surface area contributed by atoms with Crippen molar-refractivity contribution in [3.05, 3.63) is 66.1 Å². The summed E-state index contributed by atoms with van der Waals surface area (Å²) in [6, 6.07) is 12.2. The lowest BCUT2D eigenvalue weighted by atomic mass is 10.2. The second-order valence-corrected chi connectivity index (χ2v) is 4.78. The maximum atomic E-state index is 12.9. The molecule has 0 aliphatic carbocycles. The summed E-state index contributed by atoms with van der Waals surface area (Å²) in [6.45, 7) is 0. The van der Waals surface area contributed by atoms with E-state index in [1.807, 2.05) is 0 Å². The van der Waals surface area contributed by atoms with Gasteiger partial charge in [-0.05, 0) is 36.4 Å². The Bertz CT molecular complexity index is 786. The molecule has 0 aliphatic rings. The molecular formula is C18H16FNO5. The zero-order chi connectivity index (χ0) is 18.2. The van der Waals surface area contributed by atoms with E-state index < -0.39 is 11.9 Å². The number of methoxy groups -OCH3 is 2. The second kappa shape index (κ2) is 8.49. The Kier molecular flexibility index (Phi) is 6.11. The van der Waals surface area contributed by atoms with Gasteiger partial charge in [0, 0.05) is 11.8 Å². The van der Waals surface area contributed by atoms with E-state index in [9.17, 15) is 14.0 Å². The Morgan fingerprint density at radius 2 is 1.72 bits per heavy atom. The first-order valence-corrected chi connectivity index (χ1v) is 7.20. The third kappa shape index (κ3) is 5.35. The van der Waals surface area contributed by atoms with Crippen molar-refractivity contribution < 1.29 is 28.2 Å². The first-order chi connectivity index (χ1) is 12.0. The molecule has 6 nitrogen and oxygen atoms in total. The quantitative estimate of drug-likeness (QED) is 0.640. The molecule has 0 unspecified atom stereocenters. The highest BCUT2D eigenvalue weighted by Crippen LogP contribution is 2.25. The molecule has 0 saturated carbocycles. The number of carbonyl (C=O) groups is 2. The van der Waals surface area contributed by atoms with Gasteiger partial charge >= 0.3 is 11.9 Å². The molecule has 0 saturated heterocycles. The Morgan fingerprint density at radius 3 is 2.36 bits per heavy atom. The van der Waals surface area contributed by atoms with Crippen LogP contribution in [0.15, 0.2) is 60.3 Å². The van der Waals surface area contributed by atoms with Crippen molar-refractivity contribution in [2.24, 2.45) is 0 Å². The molecule has 0 heterocycles. The molecule has 2 rings (SSSR count). The van der Waals surface area contributed by atoms with Crippen molar-refractivity contribution in [3.8, 4) is 11.5 Å². The highest BCUT2D eigenvalue weighted by Gasteiger charge is 2.13. The average Bonchev–Trinajstić information content (AvgIpc) is 2.62. The van der Waals surface area contributed by atoms with E-state index in [0.29, 0.717) is 17.2 Å². The van der Waals surface area contributed by atoms with E-state index in [1.165, 1.54) is 38.5 Å². The Balaban J connectivity index is 2.18. The van der Waals surface area contributed by atoms with Gasteiger partial charge in [0.05, 0.1) is 20.3 Å². The van der Waals surface area contributed by atoms with Crippen LogP contribution >= 0.6 is 0 Å². The third-order valence-corrected chi connectivity index (χ3v) is 3.03. The fourth-order valence-electron chi connectivity index (χ4n) is 1.86. The number of rotatable bonds is 6. The number of ether oxygens (including phenoxy) is 3. The number of anilines is 1. The predicted molar refractivity (Wildman–Crippen MR) is 88.7 cm³/mol. The molecule has 0 fully saturated rings. The van der Waals surface area contributed by atoms with Gasteiger partial charge in [-0.1, -0.05) is 6.07 Å². The van der Waals surface area contributed by atoms with Crippen LogP contribution in [0.1, 0.15) is 0 Å². The fourth-order valence-corrected chi connectivity index (χ4v) is 1.86. The van der Waals surface area contributed by atoms with Crippen LogP contribution in [0.5, 0.6) is 11.5 Å². The van der Waals surface area contributed by atoms with Crippen LogP contribution < -0.4 is 10.1 Å². The monoisotopic (exact) mass is 345 g/mol. The SMILES string of the molecule is COC(=O)/C=C(/Nc1cccc(Oc2ccc(F)cc2)c1)C(=O)OC. The molecule has 0 spiro atoms. The van der Waals surface area contributed by atoms with Crippen molar-refractivity contribution in [1.82, 2.24) is 0 Å². The van der Waals surface area contributed by atoms with Gasteiger partial charge in [-0.3, -0.25) is 0 Å². The highest BCUT2D eigenvalue weighted by molar-refractivity contribution is 5.98. The molecule has 0 atom stereocenters. The molecule has 0 aliphatic heterocycles. The van der Waals surface area contributed by atoms with Crippen LogP contribution in [0.2, 0.25) is 0 Å². The molecular weight excluding hydrogens is 329 g/mol. The average molecular weight is 345 g/mol. The summed E-state index contributed by atoms with van der Waals surface area (Å²) in [5.41, 5.74) is 0.397. The maximum Gasteiger partial charge on any atom is 0.354 e. The molecule has 0 radical (unpaired) electrons. The van der Waals surface area contributed by atoms with Crippen LogP contribution in [0, 0.1) is 5.82 Å². The van der Waals surface area contributed by atoms with Crippen LogP contribution in [0.4, 0.5) is 10.1 Å². The van der Waals surface area contributed by atoms with E-state index in [1.54, 1.807) is 24.3 Å². The van der Waals surface area contributed by atoms with Crippen LogP contribution in [0.3, 0.4) is 0 Å². The second-order valence-electron chi connectivity index (χ2n) is 4.78. The van der Waals surface area contributed by atoms with Gasteiger partial charge in [-0.2, -0.15) is 0 Å². The van der Waals surface area contributed by atoms with Crippen molar-refractivity contribution in [2.75, 3.05) is 19.5 Å². The molecule has 0 aromatic heterocycles. The third-order valence-electron chi connectivity index (χ3n) is 3.03. The standard InChI is InChI=1S/C18H16FNO5/c1-23-17(21)11-16(18(22)24-2)20-13-4-3-5-15(10-13)25-14-8-6-12(19)7-9-14/h3-11,20H,1-2H3/b16-11+. The van der Waals surface area contributed by atoms with Gasteiger partial charge in [-0.15, -0.1) is 0 Å². The molecule has 7 heteroatoms. The Morgan fingerprint density at radius 1 is 1.00 bits per heavy atom. The minimum atomic E-state index is -0.727. The van der Waals surface area contributed by atoms with E-state index >= 15 is 0 Å². The van der Waals surface area contributed by atoms with E-state index in [4.69, 9.17) is 4.74 Å². The number of esters is 2. The van der Waals surface area contributed by atoms with E-state index in [-0.39, 0.29) is 11.5 Å². The van der Waals surface area contributed by atoms with Crippen molar-refractivity contribution in [3.63, 3.8) is 0 Å². The zero-order valence-electron chi connectivity index (χ0n) is 13.6. The summed E-state index contributed by atoms with van der Waals surface area (Å²) < 4.78 is 27.7. The Hall–Kier alpha value is -3.35. The predicted octanol–water partition coefficient (Wildman–Crippen LogP) is 3.26. The molecule has 1 N–H and O–H groups in total. The highest BCUT2D eigenvalue weighted by atomic mass is 19.1. The lowest BCUT2D eigenvalue weighted by Crippen LogP contribution is -2.15. The largest absolute Gasteiger partial charge is 0.466 e. The van der Waals surface area contributed by atoms with Gasteiger partial charge in [0.2, 0.25) is 0 Å². The molecule has 25 heavy (non-hydrogen) atoms. The normalized spacial score (nSPS) is 10.8. The summed E-state index contributed by atoms with van der Waals surface area (Å²) in [5.74, 6) is -0.879. The van der Waals surface area contributed by atoms with Gasteiger partial charge in [0.15, 0.2) is 0 Å². The first-order valence-electron chi connectivity index (χ1n) is 7.20. The summed E-state index contributed by atoms with van der Waals surface area (Å²) in [7, 11) is 2.40. The van der Waals surface area contributed by atoms with Crippen LogP contribution in [-0.2, 0) is 19.1 Å². The summed E-state index contributed by atoms with van der Waals surface area (Å²) in [5, 5.41) is 2.78. The topological polar surface area (TPSA) is 73.9 Å². The molecule has 0 amide bonds. The minimum Gasteiger partial charge on any atom is -0.466 e. The van der Waals surface area contributed by atoms with Crippen LogP contribution in [-0.4, -0.2) is 26.2 Å². The van der Waals surface area contributed by atoms with Gasteiger partial charge in [0.25, 0.3) is 0 Å². The van der Waals surface area contributed by atoms with E-state index in [0.717, 1.165) is 6.08 Å². The number of hydrogen-bond donors (Lipinski definition) is 1. The van der Waals surface area contributed by atoms with Gasteiger partial charge in [-0.25, -0.2) is 14.0 Å². The van der Waals surface area contributed by atoms with E-state index in [2.05, 4.69) is 14.8 Å². The summed E-state index contributed by atoms with van der Waals surface area (Å²) in [6.07, 6.45) is 0.985. The number of halogens is 1. The summed E-state index contributed by atoms with van der Waals surface area (Å²) >= 11 is 0. The number of carbonyl (C=O) groups excluding carboxylic acids is 2. The number of nitrogens with one attached hydrogen (secondary N) is 1. The zero-order valence-corrected chi connectivity index (χ0v) is 13.6. The van der Waals surface area contributed by atoms with Crippen molar-refractivity contribution in [2.45, 2.75) is 0 Å². The smallest absolute Gasteiger partial charge is 0.354 e. The molecule has 2 aromatic rings. The van der Waals surface area contributed by atoms with Crippen LogP contribution in [0.25, 0.3) is 0 Å².